The molecule has 1 aromatic heterocycles. The number of anilines is 2. The van der Waals surface area contributed by atoms with E-state index >= 15 is 0 Å². The van der Waals surface area contributed by atoms with Crippen LogP contribution in [0.2, 0.25) is 0 Å². The van der Waals surface area contributed by atoms with Gasteiger partial charge in [0.25, 0.3) is 10.0 Å². The van der Waals surface area contributed by atoms with E-state index in [1.165, 1.54) is 28.6 Å². The summed E-state index contributed by atoms with van der Waals surface area (Å²) < 4.78 is 57.7. The van der Waals surface area contributed by atoms with Crippen molar-refractivity contribution in [1.29, 1.82) is 0 Å². The van der Waals surface area contributed by atoms with Crippen LogP contribution in [0, 0.1) is 0 Å². The Balaban J connectivity index is 1.69. The molecule has 11 heteroatoms. The van der Waals surface area contributed by atoms with Crippen LogP contribution in [-0.4, -0.2) is 34.6 Å². The van der Waals surface area contributed by atoms with Crippen molar-refractivity contribution in [2.45, 2.75) is 11.3 Å². The lowest BCUT2D eigenvalue weighted by Crippen LogP contribution is -2.27. The minimum atomic E-state index is -3.96. The van der Waals surface area contributed by atoms with E-state index in [-0.39, 0.29) is 16.2 Å². The number of sulfonamides is 2. The van der Waals surface area contributed by atoms with Gasteiger partial charge < -0.3 is 4.42 Å². The Morgan fingerprint density at radius 1 is 1.11 bits per heavy atom. The molecule has 2 N–H and O–H groups in total. The molecule has 2 heterocycles. The SMILES string of the molecule is CS(=O)(=O)N1CCc2ccc(NS(=O)(=O)c3ccc4[nH]c(=O)oc4c3)cc21. The average Bonchev–Trinajstić information content (AvgIpc) is 3.14. The molecule has 4 rings (SSSR count). The summed E-state index contributed by atoms with van der Waals surface area (Å²) in [6.07, 6.45) is 1.68. The maximum atomic E-state index is 12.7. The summed E-state index contributed by atoms with van der Waals surface area (Å²) in [6.45, 7) is 0.327. The fourth-order valence-electron chi connectivity index (χ4n) is 3.06. The smallest absolute Gasteiger partial charge is 0.408 e. The number of H-pyrrole nitrogens is 1. The number of nitrogens with zero attached hydrogens (tertiary/aromatic N) is 1. The van der Waals surface area contributed by atoms with Gasteiger partial charge in [-0.25, -0.2) is 21.6 Å². The summed E-state index contributed by atoms with van der Waals surface area (Å²) in [5.74, 6) is -0.674. The first kappa shape index (κ1) is 17.6. The van der Waals surface area contributed by atoms with Crippen LogP contribution in [0.5, 0.6) is 0 Å². The van der Waals surface area contributed by atoms with E-state index in [0.717, 1.165) is 11.8 Å². The number of aromatic amines is 1. The van der Waals surface area contributed by atoms with E-state index in [1.807, 2.05) is 0 Å². The Hall–Kier alpha value is -2.79. The molecular formula is C16H15N3O6S2. The van der Waals surface area contributed by atoms with Crippen LogP contribution in [0.3, 0.4) is 0 Å². The van der Waals surface area contributed by atoms with Crippen LogP contribution in [0.1, 0.15) is 5.56 Å². The van der Waals surface area contributed by atoms with Crippen LogP contribution in [-0.2, 0) is 26.5 Å². The van der Waals surface area contributed by atoms with Crippen molar-refractivity contribution < 1.29 is 21.3 Å². The Bertz CT molecular complexity index is 1320. The lowest BCUT2D eigenvalue weighted by atomic mass is 10.1. The molecule has 142 valence electrons. The maximum Gasteiger partial charge on any atom is 0.417 e. The minimum Gasteiger partial charge on any atom is -0.408 e. The third-order valence-corrected chi connectivity index (χ3v) is 6.85. The summed E-state index contributed by atoms with van der Waals surface area (Å²) in [4.78, 5) is 13.6. The van der Waals surface area contributed by atoms with Gasteiger partial charge in [0.1, 0.15) is 0 Å². The Morgan fingerprint density at radius 2 is 1.89 bits per heavy atom. The number of nitrogens with one attached hydrogen (secondary N) is 2. The van der Waals surface area contributed by atoms with E-state index in [2.05, 4.69) is 9.71 Å². The summed E-state index contributed by atoms with van der Waals surface area (Å²) in [5.41, 5.74) is 2.05. The normalized spacial score (nSPS) is 14.5. The molecule has 0 bridgehead atoms. The predicted octanol–water partition coefficient (Wildman–Crippen LogP) is 1.24. The standard InChI is InChI=1S/C16H15N3O6S2/c1-26(21,22)19-7-6-10-2-3-11(8-14(10)19)18-27(23,24)12-4-5-13-15(9-12)25-16(20)17-13/h2-5,8-9,18H,6-7H2,1H3,(H,17,20). The number of aromatic nitrogens is 1. The number of fused-ring (bicyclic) bond motifs is 2. The molecule has 0 amide bonds. The van der Waals surface area contributed by atoms with Crippen LogP contribution in [0.25, 0.3) is 11.1 Å². The molecule has 0 atom stereocenters. The van der Waals surface area contributed by atoms with Crippen LogP contribution >= 0.6 is 0 Å². The van der Waals surface area contributed by atoms with Crippen molar-refractivity contribution in [1.82, 2.24) is 4.98 Å². The van der Waals surface area contributed by atoms with Crippen molar-refractivity contribution >= 4 is 42.5 Å². The zero-order valence-corrected chi connectivity index (χ0v) is 15.7. The second kappa shape index (κ2) is 5.86. The first-order valence-corrected chi connectivity index (χ1v) is 11.2. The molecule has 0 fully saturated rings. The fourth-order valence-corrected chi connectivity index (χ4v) is 5.08. The largest absolute Gasteiger partial charge is 0.417 e. The monoisotopic (exact) mass is 409 g/mol. The van der Waals surface area contributed by atoms with Crippen molar-refractivity contribution in [3.63, 3.8) is 0 Å². The van der Waals surface area contributed by atoms with E-state index < -0.39 is 25.8 Å². The van der Waals surface area contributed by atoms with Gasteiger partial charge in [-0.3, -0.25) is 14.0 Å². The second-order valence-corrected chi connectivity index (χ2v) is 9.80. The van der Waals surface area contributed by atoms with Crippen LogP contribution < -0.4 is 14.8 Å². The third-order valence-electron chi connectivity index (χ3n) is 4.29. The van der Waals surface area contributed by atoms with Gasteiger partial charge in [0.2, 0.25) is 10.0 Å². The van der Waals surface area contributed by atoms with E-state index in [4.69, 9.17) is 4.42 Å². The summed E-state index contributed by atoms with van der Waals surface area (Å²) in [7, 11) is -7.40. The van der Waals surface area contributed by atoms with E-state index in [1.54, 1.807) is 12.1 Å². The van der Waals surface area contributed by atoms with Gasteiger partial charge in [0.05, 0.1) is 28.0 Å². The van der Waals surface area contributed by atoms with Gasteiger partial charge >= 0.3 is 5.76 Å². The molecular weight excluding hydrogens is 394 g/mol. The molecule has 0 spiro atoms. The van der Waals surface area contributed by atoms with Crippen molar-refractivity contribution in [2.75, 3.05) is 21.8 Å². The molecule has 0 saturated carbocycles. The van der Waals surface area contributed by atoms with Gasteiger partial charge in [0.15, 0.2) is 5.58 Å². The Morgan fingerprint density at radius 3 is 2.63 bits per heavy atom. The molecule has 1 aliphatic heterocycles. The van der Waals surface area contributed by atoms with Gasteiger partial charge in [-0.15, -0.1) is 0 Å². The van der Waals surface area contributed by atoms with Gasteiger partial charge in [-0.2, -0.15) is 0 Å². The Kier molecular flexibility index (Phi) is 3.82. The first-order valence-electron chi connectivity index (χ1n) is 7.90. The third kappa shape index (κ3) is 3.19. The van der Waals surface area contributed by atoms with Crippen molar-refractivity contribution in [3.05, 3.63) is 52.5 Å². The van der Waals surface area contributed by atoms with Gasteiger partial charge in [-0.1, -0.05) is 6.07 Å². The zero-order valence-electron chi connectivity index (χ0n) is 14.1. The number of benzene rings is 2. The topological polar surface area (TPSA) is 130 Å². The Labute approximate surface area is 154 Å². The molecule has 0 radical (unpaired) electrons. The molecule has 3 aromatic rings. The number of hydrogen-bond acceptors (Lipinski definition) is 6. The van der Waals surface area contributed by atoms with E-state index in [9.17, 15) is 21.6 Å². The minimum absolute atomic E-state index is 0.0850. The fraction of sp³-hybridized carbons (Fsp3) is 0.188. The summed E-state index contributed by atoms with van der Waals surface area (Å²) in [5, 5.41) is 0. The maximum absolute atomic E-state index is 12.7. The average molecular weight is 409 g/mol. The first-order chi connectivity index (χ1) is 12.6. The number of hydrogen-bond donors (Lipinski definition) is 2. The van der Waals surface area contributed by atoms with E-state index in [0.29, 0.717) is 24.2 Å². The van der Waals surface area contributed by atoms with Gasteiger partial charge in [-0.05, 0) is 36.2 Å². The second-order valence-electron chi connectivity index (χ2n) is 6.21. The number of rotatable bonds is 4. The predicted molar refractivity (Wildman–Crippen MR) is 100.0 cm³/mol. The summed E-state index contributed by atoms with van der Waals surface area (Å²) in [6, 6.07) is 8.79. The van der Waals surface area contributed by atoms with Gasteiger partial charge in [0, 0.05) is 12.6 Å². The lowest BCUT2D eigenvalue weighted by molar-refractivity contribution is 0.554. The highest BCUT2D eigenvalue weighted by molar-refractivity contribution is 7.92. The summed E-state index contributed by atoms with van der Waals surface area (Å²) >= 11 is 0. The zero-order chi connectivity index (χ0) is 19.4. The van der Waals surface area contributed by atoms with Crippen molar-refractivity contribution in [2.24, 2.45) is 0 Å². The molecule has 1 aliphatic rings. The molecule has 0 unspecified atom stereocenters. The number of oxazole rings is 1. The molecule has 27 heavy (non-hydrogen) atoms. The van der Waals surface area contributed by atoms with Crippen molar-refractivity contribution in [3.8, 4) is 0 Å². The highest BCUT2D eigenvalue weighted by Gasteiger charge is 2.27. The molecule has 9 nitrogen and oxygen atoms in total. The lowest BCUT2D eigenvalue weighted by Gasteiger charge is -2.17. The molecule has 0 saturated heterocycles. The van der Waals surface area contributed by atoms with Crippen LogP contribution in [0.4, 0.5) is 11.4 Å². The van der Waals surface area contributed by atoms with Crippen LogP contribution in [0.15, 0.2) is 50.5 Å². The highest BCUT2D eigenvalue weighted by Crippen LogP contribution is 2.33. The molecule has 2 aromatic carbocycles. The highest BCUT2D eigenvalue weighted by atomic mass is 32.2. The molecule has 0 aliphatic carbocycles. The quantitative estimate of drug-likeness (QED) is 0.667.